The lowest BCUT2D eigenvalue weighted by molar-refractivity contribution is -0.00697. The van der Waals surface area contributed by atoms with Gasteiger partial charge in [0.05, 0.1) is 12.7 Å². The Morgan fingerprint density at radius 3 is 3.21 bits per heavy atom. The number of nitrogens with one attached hydrogen (secondary N) is 1. The van der Waals surface area contributed by atoms with Crippen LogP contribution in [0.15, 0.2) is 30.6 Å². The molecule has 0 unspecified atom stereocenters. The first-order valence-electron chi connectivity index (χ1n) is 8.60. The molecule has 0 bridgehead atoms. The third kappa shape index (κ3) is 4.20. The summed E-state index contributed by atoms with van der Waals surface area (Å²) in [7, 11) is 0. The number of amides is 1. The highest BCUT2D eigenvalue weighted by atomic mass is 16.5. The van der Waals surface area contributed by atoms with Crippen molar-refractivity contribution in [1.29, 1.82) is 0 Å². The number of hydrogen-bond donors (Lipinski definition) is 1. The fourth-order valence-corrected chi connectivity index (χ4v) is 2.99. The quantitative estimate of drug-likeness (QED) is 0.885. The van der Waals surface area contributed by atoms with Crippen LogP contribution in [0.2, 0.25) is 0 Å². The molecule has 1 aliphatic heterocycles. The minimum atomic E-state index is -0.0109. The molecule has 3 rings (SSSR count). The summed E-state index contributed by atoms with van der Waals surface area (Å²) >= 11 is 0. The Hall–Kier alpha value is -2.21. The second-order valence-electron chi connectivity index (χ2n) is 6.22. The zero-order valence-electron chi connectivity index (χ0n) is 14.1. The van der Waals surface area contributed by atoms with Crippen molar-refractivity contribution in [2.75, 3.05) is 13.1 Å². The van der Waals surface area contributed by atoms with Crippen LogP contribution in [0.4, 0.5) is 0 Å². The number of aromatic nitrogens is 3. The molecular formula is C18H24N4O2. The van der Waals surface area contributed by atoms with Gasteiger partial charge in [-0.15, -0.1) is 0 Å². The fourth-order valence-electron chi connectivity index (χ4n) is 2.99. The number of pyridine rings is 1. The molecule has 6 heteroatoms. The first-order chi connectivity index (χ1) is 11.8. The Morgan fingerprint density at radius 1 is 1.50 bits per heavy atom. The predicted octanol–water partition coefficient (Wildman–Crippen LogP) is 2.58. The van der Waals surface area contributed by atoms with Gasteiger partial charge in [-0.05, 0) is 37.0 Å². The molecule has 1 saturated heterocycles. The maximum atomic E-state index is 12.6. The summed E-state index contributed by atoms with van der Waals surface area (Å²) in [5.74, 6) is -0.0109. The van der Waals surface area contributed by atoms with E-state index in [9.17, 15) is 4.79 Å². The average molecular weight is 328 g/mol. The Labute approximate surface area is 142 Å². The summed E-state index contributed by atoms with van der Waals surface area (Å²) < 4.78 is 5.97. The van der Waals surface area contributed by atoms with Crippen molar-refractivity contribution in [2.24, 2.45) is 0 Å². The van der Waals surface area contributed by atoms with Crippen LogP contribution < -0.4 is 0 Å². The summed E-state index contributed by atoms with van der Waals surface area (Å²) in [6, 6.07) is 5.77. The molecule has 3 heterocycles. The van der Waals surface area contributed by atoms with E-state index >= 15 is 0 Å². The number of rotatable bonds is 6. The Kier molecular flexibility index (Phi) is 5.59. The molecule has 0 aliphatic carbocycles. The molecule has 0 aromatic carbocycles. The number of piperidine rings is 1. The van der Waals surface area contributed by atoms with Crippen LogP contribution in [0, 0.1) is 0 Å². The third-order valence-corrected chi connectivity index (χ3v) is 4.24. The maximum absolute atomic E-state index is 12.6. The minimum Gasteiger partial charge on any atom is -0.372 e. The van der Waals surface area contributed by atoms with E-state index in [0.29, 0.717) is 18.8 Å². The van der Waals surface area contributed by atoms with E-state index in [-0.39, 0.29) is 12.0 Å². The summed E-state index contributed by atoms with van der Waals surface area (Å²) in [5, 5.41) is 7.11. The highest BCUT2D eigenvalue weighted by molar-refractivity contribution is 5.92. The van der Waals surface area contributed by atoms with Crippen LogP contribution in [0.25, 0.3) is 0 Å². The molecule has 1 amide bonds. The highest BCUT2D eigenvalue weighted by Crippen LogP contribution is 2.17. The lowest BCUT2D eigenvalue weighted by Gasteiger charge is -2.32. The minimum absolute atomic E-state index is 0.0109. The number of hydrogen-bond acceptors (Lipinski definition) is 4. The van der Waals surface area contributed by atoms with Crippen molar-refractivity contribution in [3.05, 3.63) is 47.5 Å². The predicted molar refractivity (Wildman–Crippen MR) is 90.5 cm³/mol. The van der Waals surface area contributed by atoms with Gasteiger partial charge in [0.15, 0.2) is 0 Å². The number of carbonyl (C=O) groups is 1. The number of H-pyrrole nitrogens is 1. The number of nitrogens with zero attached hydrogens (tertiary/aromatic N) is 3. The zero-order chi connectivity index (χ0) is 16.8. The second kappa shape index (κ2) is 8.06. The van der Waals surface area contributed by atoms with Gasteiger partial charge in [0, 0.05) is 31.2 Å². The molecule has 1 aliphatic rings. The van der Waals surface area contributed by atoms with Crippen molar-refractivity contribution in [3.8, 4) is 0 Å². The molecule has 1 N–H and O–H groups in total. The molecule has 24 heavy (non-hydrogen) atoms. The molecular weight excluding hydrogens is 304 g/mol. The summed E-state index contributed by atoms with van der Waals surface area (Å²) in [6.45, 7) is 4.03. The molecule has 0 radical (unpaired) electrons. The van der Waals surface area contributed by atoms with Gasteiger partial charge in [-0.1, -0.05) is 19.4 Å². The monoisotopic (exact) mass is 328 g/mol. The van der Waals surface area contributed by atoms with Crippen LogP contribution in [0.1, 0.15) is 47.9 Å². The lowest BCUT2D eigenvalue weighted by Crippen LogP contribution is -2.43. The first-order valence-corrected chi connectivity index (χ1v) is 8.60. The van der Waals surface area contributed by atoms with E-state index in [1.54, 1.807) is 6.20 Å². The molecule has 2 aromatic heterocycles. The SMILES string of the molecule is CCCc1cc(C(=O)N2CCC[C@H](OCc3cccnc3)C2)n[nH]1. The van der Waals surface area contributed by atoms with Crippen LogP contribution >= 0.6 is 0 Å². The van der Waals surface area contributed by atoms with E-state index in [4.69, 9.17) is 4.74 Å². The molecule has 0 spiro atoms. The smallest absolute Gasteiger partial charge is 0.274 e. The number of ether oxygens (including phenoxy) is 1. The normalized spacial score (nSPS) is 17.9. The van der Waals surface area contributed by atoms with Gasteiger partial charge < -0.3 is 9.64 Å². The molecule has 1 atom stereocenters. The Balaban J connectivity index is 1.55. The van der Waals surface area contributed by atoms with Gasteiger partial charge in [0.1, 0.15) is 5.69 Å². The molecule has 0 saturated carbocycles. The van der Waals surface area contributed by atoms with Crippen molar-refractivity contribution in [3.63, 3.8) is 0 Å². The standard InChI is InChI=1S/C18H24N4O2/c1-2-5-15-10-17(21-20-15)18(23)22-9-4-7-16(12-22)24-13-14-6-3-8-19-11-14/h3,6,8,10-11,16H,2,4-5,7,9,12-13H2,1H3,(H,20,21)/t16-/m0/s1. The lowest BCUT2D eigenvalue weighted by atomic mass is 10.1. The topological polar surface area (TPSA) is 71.1 Å². The maximum Gasteiger partial charge on any atom is 0.274 e. The molecule has 2 aromatic rings. The van der Waals surface area contributed by atoms with Gasteiger partial charge in [-0.3, -0.25) is 14.9 Å². The van der Waals surface area contributed by atoms with Crippen molar-refractivity contribution < 1.29 is 9.53 Å². The van der Waals surface area contributed by atoms with Gasteiger partial charge >= 0.3 is 0 Å². The molecule has 1 fully saturated rings. The largest absolute Gasteiger partial charge is 0.372 e. The van der Waals surface area contributed by atoms with E-state index < -0.39 is 0 Å². The number of likely N-dealkylation sites (tertiary alicyclic amines) is 1. The van der Waals surface area contributed by atoms with Crippen LogP contribution in [-0.4, -0.2) is 45.2 Å². The summed E-state index contributed by atoms with van der Waals surface area (Å²) in [6.07, 6.45) is 7.51. The zero-order valence-corrected chi connectivity index (χ0v) is 14.1. The van der Waals surface area contributed by atoms with Gasteiger partial charge in [-0.2, -0.15) is 5.10 Å². The number of aromatic amines is 1. The van der Waals surface area contributed by atoms with E-state index in [0.717, 1.165) is 43.5 Å². The van der Waals surface area contributed by atoms with Crippen LogP contribution in [-0.2, 0) is 17.8 Å². The van der Waals surface area contributed by atoms with Crippen molar-refractivity contribution in [1.82, 2.24) is 20.1 Å². The third-order valence-electron chi connectivity index (χ3n) is 4.24. The van der Waals surface area contributed by atoms with Crippen LogP contribution in [0.3, 0.4) is 0 Å². The fraction of sp³-hybridized carbons (Fsp3) is 0.500. The first kappa shape index (κ1) is 16.6. The van der Waals surface area contributed by atoms with E-state index in [1.807, 2.05) is 29.3 Å². The van der Waals surface area contributed by atoms with E-state index in [2.05, 4.69) is 22.1 Å². The van der Waals surface area contributed by atoms with E-state index in [1.165, 1.54) is 0 Å². The Bertz CT molecular complexity index is 656. The molecule has 128 valence electrons. The van der Waals surface area contributed by atoms with Gasteiger partial charge in [0.25, 0.3) is 5.91 Å². The van der Waals surface area contributed by atoms with Crippen molar-refractivity contribution in [2.45, 2.75) is 45.3 Å². The average Bonchev–Trinajstić information content (AvgIpc) is 3.09. The van der Waals surface area contributed by atoms with Crippen LogP contribution in [0.5, 0.6) is 0 Å². The van der Waals surface area contributed by atoms with Gasteiger partial charge in [-0.25, -0.2) is 0 Å². The number of aryl methyl sites for hydroxylation is 1. The summed E-state index contributed by atoms with van der Waals surface area (Å²) in [5.41, 5.74) is 2.58. The van der Waals surface area contributed by atoms with Gasteiger partial charge in [0.2, 0.25) is 0 Å². The molecule has 6 nitrogen and oxygen atoms in total. The van der Waals surface area contributed by atoms with Crippen molar-refractivity contribution >= 4 is 5.91 Å². The number of carbonyl (C=O) groups excluding carboxylic acids is 1. The summed E-state index contributed by atoms with van der Waals surface area (Å²) in [4.78, 5) is 18.6. The highest BCUT2D eigenvalue weighted by Gasteiger charge is 2.26. The Morgan fingerprint density at radius 2 is 2.42 bits per heavy atom. The second-order valence-corrected chi connectivity index (χ2v) is 6.22.